The normalized spacial score (nSPS) is 22.4. The van der Waals surface area contributed by atoms with Crippen LogP contribution in [0.3, 0.4) is 0 Å². The molecular weight excluding hydrogens is 308 g/mol. The molecular formula is C16H26N6O2. The van der Waals surface area contributed by atoms with Crippen molar-refractivity contribution in [3.05, 3.63) is 23.9 Å². The third-order valence-corrected chi connectivity index (χ3v) is 4.39. The van der Waals surface area contributed by atoms with Gasteiger partial charge in [-0.1, -0.05) is 19.0 Å². The second-order valence-electron chi connectivity index (χ2n) is 7.28. The van der Waals surface area contributed by atoms with Crippen LogP contribution in [0.4, 0.5) is 0 Å². The van der Waals surface area contributed by atoms with Crippen LogP contribution >= 0.6 is 0 Å². The molecule has 2 aromatic heterocycles. The van der Waals surface area contributed by atoms with Crippen molar-refractivity contribution >= 4 is 0 Å². The van der Waals surface area contributed by atoms with Crippen molar-refractivity contribution in [3.8, 4) is 0 Å². The van der Waals surface area contributed by atoms with E-state index in [1.165, 1.54) is 0 Å². The molecule has 8 nitrogen and oxygen atoms in total. The van der Waals surface area contributed by atoms with Gasteiger partial charge in [0.1, 0.15) is 12.2 Å². The highest BCUT2D eigenvalue weighted by Gasteiger charge is 2.35. The van der Waals surface area contributed by atoms with E-state index in [1.807, 2.05) is 11.6 Å². The second-order valence-corrected chi connectivity index (χ2v) is 7.28. The Balaban J connectivity index is 1.60. The summed E-state index contributed by atoms with van der Waals surface area (Å²) in [4.78, 5) is 6.63. The number of nitrogens with zero attached hydrogens (tertiary/aromatic N) is 6. The summed E-state index contributed by atoms with van der Waals surface area (Å²) in [6, 6.07) is 0. The van der Waals surface area contributed by atoms with Crippen LogP contribution in [0, 0.1) is 5.92 Å². The molecule has 0 aromatic carbocycles. The average molecular weight is 334 g/mol. The molecule has 0 radical (unpaired) electrons. The molecule has 1 atom stereocenters. The van der Waals surface area contributed by atoms with Crippen molar-refractivity contribution in [1.29, 1.82) is 0 Å². The van der Waals surface area contributed by atoms with Gasteiger partial charge >= 0.3 is 0 Å². The topological polar surface area (TPSA) is 93.1 Å². The van der Waals surface area contributed by atoms with Gasteiger partial charge in [0, 0.05) is 26.4 Å². The van der Waals surface area contributed by atoms with Crippen LogP contribution in [-0.4, -0.2) is 53.6 Å². The Hall–Kier alpha value is -1.80. The van der Waals surface area contributed by atoms with Gasteiger partial charge in [-0.3, -0.25) is 4.90 Å². The number of aliphatic hydroxyl groups is 1. The van der Waals surface area contributed by atoms with E-state index in [0.717, 1.165) is 37.5 Å². The van der Waals surface area contributed by atoms with Crippen LogP contribution in [0.15, 0.2) is 10.9 Å². The summed E-state index contributed by atoms with van der Waals surface area (Å²) in [5.41, 5.74) is -0.792. The summed E-state index contributed by atoms with van der Waals surface area (Å²) < 4.78 is 7.20. The van der Waals surface area contributed by atoms with Gasteiger partial charge in [-0.2, -0.15) is 4.98 Å². The van der Waals surface area contributed by atoms with Crippen LogP contribution in [0.5, 0.6) is 0 Å². The summed E-state index contributed by atoms with van der Waals surface area (Å²) in [5, 5.41) is 23.0. The van der Waals surface area contributed by atoms with Gasteiger partial charge in [0.2, 0.25) is 5.89 Å². The van der Waals surface area contributed by atoms with Crippen LogP contribution in [-0.2, 0) is 26.4 Å². The Labute approximate surface area is 141 Å². The van der Waals surface area contributed by atoms with Crippen LogP contribution < -0.4 is 0 Å². The highest BCUT2D eigenvalue weighted by atomic mass is 16.5. The highest BCUT2D eigenvalue weighted by Crippen LogP contribution is 2.25. The first-order chi connectivity index (χ1) is 11.4. The monoisotopic (exact) mass is 334 g/mol. The minimum absolute atomic E-state index is 0.502. The molecule has 1 aliphatic heterocycles. The number of hydrogen-bond acceptors (Lipinski definition) is 7. The zero-order chi connectivity index (χ0) is 17.2. The van der Waals surface area contributed by atoms with Gasteiger partial charge in [-0.25, -0.2) is 0 Å². The minimum Gasteiger partial charge on any atom is -0.388 e. The third-order valence-electron chi connectivity index (χ3n) is 4.39. The van der Waals surface area contributed by atoms with E-state index in [0.29, 0.717) is 31.3 Å². The van der Waals surface area contributed by atoms with Gasteiger partial charge in [-0.15, -0.1) is 10.2 Å². The van der Waals surface area contributed by atoms with Gasteiger partial charge < -0.3 is 14.2 Å². The van der Waals surface area contributed by atoms with Crippen molar-refractivity contribution in [2.24, 2.45) is 13.0 Å². The first kappa shape index (κ1) is 17.0. The maximum Gasteiger partial charge on any atom is 0.240 e. The lowest BCUT2D eigenvalue weighted by Gasteiger charge is -2.38. The number of piperidine rings is 1. The standard InChI is InChI=1S/C16H26N6O2/c1-12(2)7-13-18-15(24-20-13)9-22-6-4-5-16(23,10-22)8-14-19-17-11-21(14)3/h11-12,23H,4-10H2,1-3H3. The lowest BCUT2D eigenvalue weighted by Crippen LogP contribution is -2.49. The van der Waals surface area contributed by atoms with Crippen LogP contribution in [0.2, 0.25) is 0 Å². The summed E-state index contributed by atoms with van der Waals surface area (Å²) in [7, 11) is 1.90. The number of hydrogen-bond donors (Lipinski definition) is 1. The Morgan fingerprint density at radius 3 is 2.96 bits per heavy atom. The predicted molar refractivity (Wildman–Crippen MR) is 87.0 cm³/mol. The molecule has 0 amide bonds. The molecule has 24 heavy (non-hydrogen) atoms. The van der Waals surface area contributed by atoms with Crippen molar-refractivity contribution in [2.75, 3.05) is 13.1 Å². The molecule has 2 aromatic rings. The summed E-state index contributed by atoms with van der Waals surface area (Å²) in [6.07, 6.45) is 4.68. The Bertz CT molecular complexity index is 667. The van der Waals surface area contributed by atoms with Gasteiger partial charge in [0.25, 0.3) is 0 Å². The zero-order valence-electron chi connectivity index (χ0n) is 14.6. The largest absolute Gasteiger partial charge is 0.388 e. The van der Waals surface area contributed by atoms with E-state index in [4.69, 9.17) is 4.52 Å². The number of likely N-dealkylation sites (tertiary alicyclic amines) is 1. The lowest BCUT2D eigenvalue weighted by molar-refractivity contribution is -0.0367. The molecule has 0 bridgehead atoms. The number of rotatable bonds is 6. The zero-order valence-corrected chi connectivity index (χ0v) is 14.6. The quantitative estimate of drug-likeness (QED) is 0.841. The van der Waals surface area contributed by atoms with Crippen molar-refractivity contribution in [1.82, 2.24) is 29.8 Å². The van der Waals surface area contributed by atoms with E-state index >= 15 is 0 Å². The molecule has 1 fully saturated rings. The lowest BCUT2D eigenvalue weighted by atomic mass is 9.89. The summed E-state index contributed by atoms with van der Waals surface area (Å²) >= 11 is 0. The highest BCUT2D eigenvalue weighted by molar-refractivity contribution is 4.99. The Morgan fingerprint density at radius 2 is 2.25 bits per heavy atom. The molecule has 8 heteroatoms. The van der Waals surface area contributed by atoms with Crippen molar-refractivity contribution in [2.45, 2.75) is 51.7 Å². The molecule has 1 unspecified atom stereocenters. The Kier molecular flexibility index (Phi) is 4.96. The number of β-amino-alcohol motifs (C(OH)–C–C–N with tert-alkyl or cyclic N) is 1. The van der Waals surface area contributed by atoms with Gasteiger partial charge in [-0.05, 0) is 25.3 Å². The van der Waals surface area contributed by atoms with E-state index in [9.17, 15) is 5.11 Å². The van der Waals surface area contributed by atoms with E-state index in [2.05, 4.69) is 39.1 Å². The minimum atomic E-state index is -0.792. The summed E-state index contributed by atoms with van der Waals surface area (Å²) in [5.74, 6) is 2.68. The third kappa shape index (κ3) is 4.18. The summed E-state index contributed by atoms with van der Waals surface area (Å²) in [6.45, 7) is 6.33. The fourth-order valence-electron chi connectivity index (χ4n) is 3.24. The van der Waals surface area contributed by atoms with E-state index < -0.39 is 5.60 Å². The van der Waals surface area contributed by atoms with Crippen LogP contribution in [0.25, 0.3) is 0 Å². The maximum atomic E-state index is 11.0. The van der Waals surface area contributed by atoms with Crippen molar-refractivity contribution in [3.63, 3.8) is 0 Å². The van der Waals surface area contributed by atoms with Crippen molar-refractivity contribution < 1.29 is 9.63 Å². The molecule has 0 saturated carbocycles. The SMILES string of the molecule is CC(C)Cc1noc(CN2CCCC(O)(Cc3nncn3C)C2)n1. The first-order valence-corrected chi connectivity index (χ1v) is 8.52. The fraction of sp³-hybridized carbons (Fsp3) is 0.750. The molecule has 1 aliphatic rings. The molecule has 3 rings (SSSR count). The van der Waals surface area contributed by atoms with Gasteiger partial charge in [0.15, 0.2) is 5.82 Å². The van der Waals surface area contributed by atoms with Crippen LogP contribution in [0.1, 0.15) is 44.2 Å². The number of aromatic nitrogens is 5. The molecule has 1 N–H and O–H groups in total. The fourth-order valence-corrected chi connectivity index (χ4v) is 3.24. The Morgan fingerprint density at radius 1 is 1.42 bits per heavy atom. The maximum absolute atomic E-state index is 11.0. The predicted octanol–water partition coefficient (Wildman–Crippen LogP) is 0.966. The van der Waals surface area contributed by atoms with E-state index in [1.54, 1.807) is 6.33 Å². The van der Waals surface area contributed by atoms with Gasteiger partial charge in [0.05, 0.1) is 12.1 Å². The molecule has 0 aliphatic carbocycles. The molecule has 3 heterocycles. The molecule has 132 valence electrons. The first-order valence-electron chi connectivity index (χ1n) is 8.52. The average Bonchev–Trinajstić information content (AvgIpc) is 3.08. The molecule has 1 saturated heterocycles. The smallest absolute Gasteiger partial charge is 0.240 e. The number of aryl methyl sites for hydroxylation is 1. The second kappa shape index (κ2) is 6.98. The molecule has 0 spiro atoms. The van der Waals surface area contributed by atoms with E-state index in [-0.39, 0.29) is 0 Å².